The van der Waals surface area contributed by atoms with Crippen molar-refractivity contribution in [3.63, 3.8) is 0 Å². The highest BCUT2D eigenvalue weighted by Crippen LogP contribution is 2.29. The van der Waals surface area contributed by atoms with E-state index < -0.39 is 10.0 Å². The van der Waals surface area contributed by atoms with Gasteiger partial charge in [-0.3, -0.25) is 4.72 Å². The van der Waals surface area contributed by atoms with Crippen molar-refractivity contribution in [2.24, 2.45) is 5.92 Å². The van der Waals surface area contributed by atoms with E-state index in [2.05, 4.69) is 26.7 Å². The molecule has 1 aliphatic heterocycles. The van der Waals surface area contributed by atoms with Gasteiger partial charge in [-0.05, 0) is 80.1 Å². The van der Waals surface area contributed by atoms with Crippen molar-refractivity contribution in [3.8, 4) is 17.0 Å². The summed E-state index contributed by atoms with van der Waals surface area (Å²) in [6.07, 6.45) is 2.33. The van der Waals surface area contributed by atoms with Crippen LogP contribution >= 0.6 is 0 Å². The Morgan fingerprint density at radius 3 is 2.42 bits per heavy atom. The van der Waals surface area contributed by atoms with E-state index in [1.54, 1.807) is 44.4 Å². The summed E-state index contributed by atoms with van der Waals surface area (Å²) in [7, 11) is -2.19. The molecule has 0 saturated carbocycles. The molecule has 1 fully saturated rings. The van der Waals surface area contributed by atoms with Crippen molar-refractivity contribution in [3.05, 3.63) is 59.7 Å². The number of anilines is 2. The van der Waals surface area contributed by atoms with Gasteiger partial charge in [0, 0.05) is 24.3 Å². The van der Waals surface area contributed by atoms with Crippen molar-refractivity contribution in [2.75, 3.05) is 29.8 Å². The topological polar surface area (TPSA) is 84.4 Å². The molecule has 33 heavy (non-hydrogen) atoms. The summed E-state index contributed by atoms with van der Waals surface area (Å²) in [6, 6.07) is 14.5. The van der Waals surface area contributed by atoms with Crippen LogP contribution in [0.3, 0.4) is 0 Å². The van der Waals surface area contributed by atoms with Gasteiger partial charge in [0.25, 0.3) is 10.0 Å². The Kier molecular flexibility index (Phi) is 6.56. The number of ether oxygens (including phenoxy) is 1. The van der Waals surface area contributed by atoms with Crippen LogP contribution in [-0.2, 0) is 10.0 Å². The molecule has 0 bridgehead atoms. The monoisotopic (exact) mass is 466 g/mol. The fourth-order valence-corrected chi connectivity index (χ4v) is 5.47. The average molecular weight is 467 g/mol. The first-order chi connectivity index (χ1) is 15.8. The minimum Gasteiger partial charge on any atom is -0.496 e. The van der Waals surface area contributed by atoms with Gasteiger partial charge >= 0.3 is 0 Å². The van der Waals surface area contributed by atoms with Gasteiger partial charge in [-0.2, -0.15) is 0 Å². The van der Waals surface area contributed by atoms with Crippen LogP contribution in [0, 0.1) is 19.8 Å². The lowest BCUT2D eigenvalue weighted by Gasteiger charge is -2.30. The molecule has 0 spiro atoms. The highest BCUT2D eigenvalue weighted by molar-refractivity contribution is 7.92. The maximum Gasteiger partial charge on any atom is 0.262 e. The Bertz CT molecular complexity index is 1240. The number of nitrogens with zero attached hydrogens (tertiary/aromatic N) is 3. The van der Waals surface area contributed by atoms with Gasteiger partial charge in [0.2, 0.25) is 0 Å². The molecule has 0 radical (unpaired) electrons. The number of aryl methyl sites for hydroxylation is 2. The summed E-state index contributed by atoms with van der Waals surface area (Å²) in [4.78, 5) is 2.49. The molecule has 0 atom stereocenters. The Labute approximate surface area is 195 Å². The number of hydrogen-bond donors (Lipinski definition) is 1. The van der Waals surface area contributed by atoms with E-state index in [0.717, 1.165) is 36.0 Å². The van der Waals surface area contributed by atoms with Crippen molar-refractivity contribution < 1.29 is 13.2 Å². The lowest BCUT2D eigenvalue weighted by atomic mass is 9.99. The molecule has 2 heterocycles. The molecule has 0 unspecified atom stereocenters. The lowest BCUT2D eigenvalue weighted by Crippen LogP contribution is -2.33. The molecule has 0 aliphatic carbocycles. The van der Waals surface area contributed by atoms with Gasteiger partial charge in [-0.15, -0.1) is 10.2 Å². The summed E-state index contributed by atoms with van der Waals surface area (Å²) < 4.78 is 34.1. The number of hydrogen-bond acceptors (Lipinski definition) is 6. The summed E-state index contributed by atoms with van der Waals surface area (Å²) in [5.74, 6) is 2.30. The largest absolute Gasteiger partial charge is 0.496 e. The Morgan fingerprint density at radius 2 is 1.76 bits per heavy atom. The second-order valence-corrected chi connectivity index (χ2v) is 10.4. The first kappa shape index (κ1) is 23.0. The second-order valence-electron chi connectivity index (χ2n) is 8.72. The van der Waals surface area contributed by atoms with E-state index in [0.29, 0.717) is 22.7 Å². The van der Waals surface area contributed by atoms with Crippen molar-refractivity contribution in [1.82, 2.24) is 10.2 Å². The molecule has 174 valence electrons. The lowest BCUT2D eigenvalue weighted by molar-refractivity contribution is 0.411. The molecule has 7 nitrogen and oxygen atoms in total. The van der Waals surface area contributed by atoms with E-state index in [4.69, 9.17) is 4.74 Å². The molecule has 4 rings (SSSR count). The van der Waals surface area contributed by atoms with Crippen LogP contribution < -0.4 is 14.4 Å². The number of nitrogens with one attached hydrogen (secondary N) is 1. The second kappa shape index (κ2) is 9.39. The fraction of sp³-hybridized carbons (Fsp3) is 0.360. The van der Waals surface area contributed by atoms with Gasteiger partial charge in [0.1, 0.15) is 5.75 Å². The van der Waals surface area contributed by atoms with Gasteiger partial charge in [-0.1, -0.05) is 19.1 Å². The number of aromatic nitrogens is 2. The molecule has 1 aromatic heterocycles. The normalized spacial score (nSPS) is 14.8. The summed E-state index contributed by atoms with van der Waals surface area (Å²) >= 11 is 0. The number of rotatable bonds is 6. The minimum atomic E-state index is -3.76. The van der Waals surface area contributed by atoms with Gasteiger partial charge in [0.05, 0.1) is 17.7 Å². The zero-order chi connectivity index (χ0) is 23.6. The molecule has 2 aromatic carbocycles. The Balaban J connectivity index is 1.54. The van der Waals surface area contributed by atoms with E-state index in [1.165, 1.54) is 12.8 Å². The van der Waals surface area contributed by atoms with E-state index in [-0.39, 0.29) is 4.90 Å². The van der Waals surface area contributed by atoms with Crippen molar-refractivity contribution in [2.45, 2.75) is 38.5 Å². The molecule has 1 saturated heterocycles. The maximum atomic E-state index is 13.1. The first-order valence-corrected chi connectivity index (χ1v) is 12.6. The van der Waals surface area contributed by atoms with Crippen LogP contribution in [-0.4, -0.2) is 38.8 Å². The van der Waals surface area contributed by atoms with E-state index in [9.17, 15) is 8.42 Å². The van der Waals surface area contributed by atoms with Crippen LogP contribution in [0.15, 0.2) is 53.4 Å². The van der Waals surface area contributed by atoms with Crippen LogP contribution in [0.2, 0.25) is 0 Å². The quantitative estimate of drug-likeness (QED) is 0.561. The van der Waals surface area contributed by atoms with Crippen molar-refractivity contribution in [1.29, 1.82) is 0 Å². The summed E-state index contributed by atoms with van der Waals surface area (Å²) in [5, 5.41) is 8.82. The third-order valence-electron chi connectivity index (χ3n) is 6.15. The van der Waals surface area contributed by atoms with Crippen LogP contribution in [0.4, 0.5) is 11.5 Å². The Hall–Kier alpha value is -3.13. The summed E-state index contributed by atoms with van der Waals surface area (Å²) in [6.45, 7) is 7.86. The third kappa shape index (κ3) is 5.11. The maximum absolute atomic E-state index is 13.1. The summed E-state index contributed by atoms with van der Waals surface area (Å²) in [5.41, 5.74) is 3.34. The highest BCUT2D eigenvalue weighted by atomic mass is 32.2. The van der Waals surface area contributed by atoms with Crippen molar-refractivity contribution >= 4 is 21.5 Å². The third-order valence-corrected chi connectivity index (χ3v) is 7.67. The van der Waals surface area contributed by atoms with Gasteiger partial charge < -0.3 is 9.64 Å². The van der Waals surface area contributed by atoms with E-state index >= 15 is 0 Å². The highest BCUT2D eigenvalue weighted by Gasteiger charge is 2.20. The SMILES string of the molecule is COc1cc(C)c(S(=O)(=O)Nc2cccc(-c3ccc(N4CCC(C)CC4)nn3)c2)cc1C. The molecule has 1 N–H and O–H groups in total. The smallest absolute Gasteiger partial charge is 0.262 e. The first-order valence-electron chi connectivity index (χ1n) is 11.1. The number of piperidine rings is 1. The van der Waals surface area contributed by atoms with Crippen LogP contribution in [0.1, 0.15) is 30.9 Å². The number of methoxy groups -OCH3 is 1. The van der Waals surface area contributed by atoms with Gasteiger partial charge in [-0.25, -0.2) is 8.42 Å². The zero-order valence-corrected chi connectivity index (χ0v) is 20.3. The molecule has 0 amide bonds. The molecular formula is C25H30N4O3S. The molecule has 1 aliphatic rings. The van der Waals surface area contributed by atoms with E-state index in [1.807, 2.05) is 25.1 Å². The minimum absolute atomic E-state index is 0.228. The molecule has 3 aromatic rings. The predicted molar refractivity (Wildman–Crippen MR) is 131 cm³/mol. The van der Waals surface area contributed by atoms with Crippen LogP contribution in [0.25, 0.3) is 11.3 Å². The molecule has 8 heteroatoms. The fourth-order valence-electron chi connectivity index (χ4n) is 4.11. The predicted octanol–water partition coefficient (Wildman–Crippen LogP) is 4.81. The van der Waals surface area contributed by atoms with Gasteiger partial charge in [0.15, 0.2) is 5.82 Å². The standard InChI is InChI=1S/C25H30N4O3S/c1-17-10-12-29(13-11-17)25-9-8-22(26-27-25)20-6-5-7-21(16-20)28-33(30,31)24-15-18(2)23(32-4)14-19(24)3/h5-9,14-17,28H,10-13H2,1-4H3. The number of benzene rings is 2. The zero-order valence-electron chi connectivity index (χ0n) is 19.5. The van der Waals surface area contributed by atoms with Crippen LogP contribution in [0.5, 0.6) is 5.75 Å². The Morgan fingerprint density at radius 1 is 1.00 bits per heavy atom. The number of sulfonamides is 1. The average Bonchev–Trinajstić information content (AvgIpc) is 2.80. The molecular weight excluding hydrogens is 436 g/mol.